The summed E-state index contributed by atoms with van der Waals surface area (Å²) < 4.78 is 0.565. The summed E-state index contributed by atoms with van der Waals surface area (Å²) in [5.41, 5.74) is 10.9. The van der Waals surface area contributed by atoms with Crippen molar-refractivity contribution < 1.29 is 9.90 Å². The Bertz CT molecular complexity index is 314. The average Bonchev–Trinajstić information content (AvgIpc) is 2.28. The third-order valence-electron chi connectivity index (χ3n) is 1.19. The van der Waals surface area contributed by atoms with E-state index < -0.39 is 12.0 Å². The summed E-state index contributed by atoms with van der Waals surface area (Å²) in [6, 6.07) is -1.12. The smallest absolute Gasteiger partial charge is 0.326 e. The number of hydrogen-bond donors (Lipinski definition) is 3. The number of aliphatic carboxylic acids is 1. The lowest BCUT2D eigenvalue weighted by atomic mass is 10.2. The molecule has 1 aromatic heterocycles. The molecule has 1 unspecified atom stereocenters. The van der Waals surface area contributed by atoms with Gasteiger partial charge in [-0.2, -0.15) is 0 Å². The number of nitrogens with two attached hydrogens (primary N) is 2. The van der Waals surface area contributed by atoms with Crippen molar-refractivity contribution >= 4 is 38.4 Å². The van der Waals surface area contributed by atoms with E-state index in [2.05, 4.69) is 20.9 Å². The van der Waals surface area contributed by atoms with E-state index in [0.717, 1.165) is 11.3 Å². The molecule has 0 radical (unpaired) electrons. The molecule has 1 heterocycles. The van der Waals surface area contributed by atoms with Gasteiger partial charge in [0.1, 0.15) is 6.04 Å². The zero-order valence-corrected chi connectivity index (χ0v) is 8.22. The zero-order chi connectivity index (χ0) is 9.30. The Labute approximate surface area is 80.5 Å². The second kappa shape index (κ2) is 3.38. The summed E-state index contributed by atoms with van der Waals surface area (Å²) in [4.78, 5) is 14.2. The SMILES string of the molecule is Nc1nc(C(N)C(=O)O)c(Br)s1. The van der Waals surface area contributed by atoms with Crippen molar-refractivity contribution in [1.29, 1.82) is 0 Å². The van der Waals surface area contributed by atoms with E-state index in [0.29, 0.717) is 8.92 Å². The fourth-order valence-electron chi connectivity index (χ4n) is 0.638. The first-order valence-electron chi connectivity index (χ1n) is 2.92. The predicted molar refractivity (Wildman–Crippen MR) is 48.8 cm³/mol. The predicted octanol–water partition coefficient (Wildman–Crippen LogP) is 0.572. The lowest BCUT2D eigenvalue weighted by Gasteiger charge is -2.01. The number of hydrogen-bond acceptors (Lipinski definition) is 5. The van der Waals surface area contributed by atoms with Crippen LogP contribution < -0.4 is 11.5 Å². The fraction of sp³-hybridized carbons (Fsp3) is 0.200. The highest BCUT2D eigenvalue weighted by molar-refractivity contribution is 9.11. The maximum absolute atomic E-state index is 10.4. The minimum absolute atomic E-state index is 0.269. The quantitative estimate of drug-likeness (QED) is 0.714. The van der Waals surface area contributed by atoms with Gasteiger partial charge in [0, 0.05) is 0 Å². The highest BCUT2D eigenvalue weighted by atomic mass is 79.9. The molecule has 0 spiro atoms. The standard InChI is InChI=1S/C5H6BrN3O2S/c6-3-2(1(7)4(10)11)9-5(8)12-3/h1H,7H2,(H2,8,9)(H,10,11). The van der Waals surface area contributed by atoms with Gasteiger partial charge in [-0.25, -0.2) is 4.98 Å². The van der Waals surface area contributed by atoms with E-state index >= 15 is 0 Å². The van der Waals surface area contributed by atoms with Crippen molar-refractivity contribution in [3.05, 3.63) is 9.48 Å². The molecule has 0 aliphatic heterocycles. The molecule has 0 fully saturated rings. The van der Waals surface area contributed by atoms with Gasteiger partial charge in [-0.15, -0.1) is 0 Å². The number of carboxylic acid groups (broad SMARTS) is 1. The number of halogens is 1. The molecule has 0 aliphatic rings. The minimum Gasteiger partial charge on any atom is -0.480 e. The van der Waals surface area contributed by atoms with E-state index in [4.69, 9.17) is 16.6 Å². The molecule has 0 saturated carbocycles. The lowest BCUT2D eigenvalue weighted by Crippen LogP contribution is -2.21. The van der Waals surface area contributed by atoms with Gasteiger partial charge in [-0.3, -0.25) is 4.79 Å². The normalized spacial score (nSPS) is 12.8. The molecule has 1 atom stereocenters. The van der Waals surface area contributed by atoms with Crippen molar-refractivity contribution in [3.8, 4) is 0 Å². The molecular formula is C5H6BrN3O2S. The fourth-order valence-corrected chi connectivity index (χ4v) is 2.08. The van der Waals surface area contributed by atoms with Crippen LogP contribution in [-0.2, 0) is 4.79 Å². The molecule has 0 amide bonds. The molecule has 0 aromatic carbocycles. The molecule has 0 aliphatic carbocycles. The highest BCUT2D eigenvalue weighted by Crippen LogP contribution is 2.29. The van der Waals surface area contributed by atoms with Crippen LogP contribution in [0.4, 0.5) is 5.13 Å². The summed E-state index contributed by atoms with van der Waals surface area (Å²) in [6.07, 6.45) is 0. The van der Waals surface area contributed by atoms with Crippen LogP contribution in [0.1, 0.15) is 11.7 Å². The number of carboxylic acids is 1. The number of aromatic nitrogens is 1. The van der Waals surface area contributed by atoms with Crippen molar-refractivity contribution in [2.45, 2.75) is 6.04 Å². The van der Waals surface area contributed by atoms with Crippen LogP contribution in [0.3, 0.4) is 0 Å². The van der Waals surface area contributed by atoms with Crippen LogP contribution in [0.2, 0.25) is 0 Å². The number of nitrogen functional groups attached to an aromatic ring is 1. The van der Waals surface area contributed by atoms with E-state index in [9.17, 15) is 4.79 Å². The monoisotopic (exact) mass is 251 g/mol. The Morgan fingerprint density at radius 1 is 1.75 bits per heavy atom. The zero-order valence-electron chi connectivity index (χ0n) is 5.82. The first kappa shape index (κ1) is 9.43. The van der Waals surface area contributed by atoms with E-state index in [1.165, 1.54) is 0 Å². The Hall–Kier alpha value is -0.660. The minimum atomic E-state index is -1.12. The van der Waals surface area contributed by atoms with Crippen LogP contribution in [0, 0.1) is 0 Å². The maximum Gasteiger partial charge on any atom is 0.326 e. The molecule has 0 saturated heterocycles. The largest absolute Gasteiger partial charge is 0.480 e. The van der Waals surface area contributed by atoms with Crippen molar-refractivity contribution in [1.82, 2.24) is 4.98 Å². The van der Waals surface area contributed by atoms with Gasteiger partial charge in [0.15, 0.2) is 5.13 Å². The van der Waals surface area contributed by atoms with Gasteiger partial charge >= 0.3 is 5.97 Å². The lowest BCUT2D eigenvalue weighted by molar-refractivity contribution is -0.138. The van der Waals surface area contributed by atoms with Gasteiger partial charge in [0.2, 0.25) is 0 Å². The van der Waals surface area contributed by atoms with Crippen molar-refractivity contribution in [2.24, 2.45) is 5.73 Å². The summed E-state index contributed by atoms with van der Waals surface area (Å²) in [5.74, 6) is -1.12. The van der Waals surface area contributed by atoms with Gasteiger partial charge < -0.3 is 16.6 Å². The second-order valence-corrected chi connectivity index (χ2v) is 4.38. The number of rotatable bonds is 2. The molecule has 66 valence electrons. The van der Waals surface area contributed by atoms with Gasteiger partial charge in [0.25, 0.3) is 0 Å². The van der Waals surface area contributed by atoms with Crippen molar-refractivity contribution in [2.75, 3.05) is 5.73 Å². The Balaban J connectivity index is 3.02. The summed E-state index contributed by atoms with van der Waals surface area (Å²) in [6.45, 7) is 0. The molecule has 1 rings (SSSR count). The maximum atomic E-state index is 10.4. The molecule has 12 heavy (non-hydrogen) atoms. The first-order valence-corrected chi connectivity index (χ1v) is 4.53. The van der Waals surface area contributed by atoms with Crippen LogP contribution in [0.5, 0.6) is 0 Å². The van der Waals surface area contributed by atoms with Gasteiger partial charge in [0.05, 0.1) is 9.48 Å². The van der Waals surface area contributed by atoms with E-state index in [1.54, 1.807) is 0 Å². The Morgan fingerprint density at radius 3 is 2.67 bits per heavy atom. The van der Waals surface area contributed by atoms with Crippen molar-refractivity contribution in [3.63, 3.8) is 0 Å². The Morgan fingerprint density at radius 2 is 2.33 bits per heavy atom. The van der Waals surface area contributed by atoms with Crippen LogP contribution in [-0.4, -0.2) is 16.1 Å². The molecule has 0 bridgehead atoms. The number of carbonyl (C=O) groups is 1. The van der Waals surface area contributed by atoms with Gasteiger partial charge in [-0.05, 0) is 15.9 Å². The summed E-state index contributed by atoms with van der Waals surface area (Å²) >= 11 is 4.27. The topological polar surface area (TPSA) is 102 Å². The molecule has 7 heteroatoms. The third kappa shape index (κ3) is 1.74. The molecule has 5 nitrogen and oxygen atoms in total. The number of nitrogens with zero attached hydrogens (tertiary/aromatic N) is 1. The van der Waals surface area contributed by atoms with E-state index in [-0.39, 0.29) is 5.69 Å². The molecular weight excluding hydrogens is 246 g/mol. The molecule has 1 aromatic rings. The summed E-state index contributed by atoms with van der Waals surface area (Å²) in [5, 5.41) is 8.85. The van der Waals surface area contributed by atoms with Gasteiger partial charge in [-0.1, -0.05) is 11.3 Å². The van der Waals surface area contributed by atoms with Crippen LogP contribution >= 0.6 is 27.3 Å². The average molecular weight is 252 g/mol. The highest BCUT2D eigenvalue weighted by Gasteiger charge is 2.20. The van der Waals surface area contributed by atoms with E-state index in [1.807, 2.05) is 0 Å². The van der Waals surface area contributed by atoms with Crippen LogP contribution in [0.25, 0.3) is 0 Å². The summed E-state index contributed by atoms with van der Waals surface area (Å²) in [7, 11) is 0. The number of anilines is 1. The molecule has 5 N–H and O–H groups in total. The number of thiazole rings is 1. The van der Waals surface area contributed by atoms with Crippen LogP contribution in [0.15, 0.2) is 3.79 Å². The second-order valence-electron chi connectivity index (χ2n) is 2.03. The Kier molecular flexibility index (Phi) is 2.65. The third-order valence-corrected chi connectivity index (χ3v) is 2.77. The first-order chi connectivity index (χ1) is 5.52.